The molecule has 0 aliphatic carbocycles. The molecule has 0 unspecified atom stereocenters. The van der Waals surface area contributed by atoms with E-state index in [1.807, 2.05) is 48.7 Å². The summed E-state index contributed by atoms with van der Waals surface area (Å²) in [5, 5.41) is 8.43. The number of carbonyl (C=O) groups is 1. The van der Waals surface area contributed by atoms with E-state index in [2.05, 4.69) is 44.9 Å². The number of carboxylic acid groups (broad SMARTS) is 1. The molecule has 0 amide bonds. The summed E-state index contributed by atoms with van der Waals surface area (Å²) in [5.41, 5.74) is 11.7. The Kier molecular flexibility index (Phi) is 6.33. The van der Waals surface area contributed by atoms with Gasteiger partial charge >= 0.3 is 0 Å². The number of nitrogens with zero attached hydrogens (tertiary/aromatic N) is 2. The molecule has 7 heteroatoms. The highest BCUT2D eigenvalue weighted by atomic mass is 16.4. The number of H-pyrrole nitrogens is 1. The molecule has 2 aromatic heterocycles. The molecule has 33 heavy (non-hydrogen) atoms. The largest absolute Gasteiger partial charge is 0.481 e. The number of para-hydroxylation sites is 3. The molecule has 5 aromatic rings. The SMILES string of the molecule is CC(=O)O.NCc1ccc(Cn2cc(-c3nc4ccccc4[nH]c3=O)c3ccccc32)cc1. The fourth-order valence-electron chi connectivity index (χ4n) is 3.76. The topological polar surface area (TPSA) is 114 Å². The zero-order chi connectivity index (χ0) is 23.4. The minimum atomic E-state index is -0.833. The molecule has 0 fully saturated rings. The molecule has 0 spiro atoms. The van der Waals surface area contributed by atoms with Gasteiger partial charge in [0.1, 0.15) is 5.69 Å². The molecule has 0 radical (unpaired) electrons. The van der Waals surface area contributed by atoms with Crippen LogP contribution in [0.2, 0.25) is 0 Å². The summed E-state index contributed by atoms with van der Waals surface area (Å²) in [6, 6.07) is 24.0. The number of benzene rings is 3. The van der Waals surface area contributed by atoms with Crippen LogP contribution in [-0.2, 0) is 17.9 Å². The van der Waals surface area contributed by atoms with E-state index in [-0.39, 0.29) is 5.56 Å². The van der Waals surface area contributed by atoms with Crippen LogP contribution in [0.3, 0.4) is 0 Å². The summed E-state index contributed by atoms with van der Waals surface area (Å²) in [7, 11) is 0. The van der Waals surface area contributed by atoms with Crippen molar-refractivity contribution in [1.29, 1.82) is 0 Å². The molecule has 0 saturated heterocycles. The van der Waals surface area contributed by atoms with Crippen molar-refractivity contribution in [3.8, 4) is 11.3 Å². The van der Waals surface area contributed by atoms with Gasteiger partial charge in [0.2, 0.25) is 0 Å². The lowest BCUT2D eigenvalue weighted by atomic mass is 10.1. The van der Waals surface area contributed by atoms with Gasteiger partial charge in [0.25, 0.3) is 11.5 Å². The first kappa shape index (κ1) is 22.0. The Bertz CT molecular complexity index is 1480. The van der Waals surface area contributed by atoms with Crippen LogP contribution in [0.5, 0.6) is 0 Å². The van der Waals surface area contributed by atoms with Crippen molar-refractivity contribution in [2.24, 2.45) is 5.73 Å². The van der Waals surface area contributed by atoms with Crippen LogP contribution in [0.25, 0.3) is 33.2 Å². The van der Waals surface area contributed by atoms with Crippen LogP contribution >= 0.6 is 0 Å². The number of carboxylic acids is 1. The van der Waals surface area contributed by atoms with Crippen LogP contribution in [0.4, 0.5) is 0 Å². The quantitative estimate of drug-likeness (QED) is 0.389. The fourth-order valence-corrected chi connectivity index (χ4v) is 3.76. The third-order valence-electron chi connectivity index (χ3n) is 5.25. The second kappa shape index (κ2) is 9.50. The normalized spacial score (nSPS) is 10.7. The van der Waals surface area contributed by atoms with Gasteiger partial charge in [-0.25, -0.2) is 4.98 Å². The maximum absolute atomic E-state index is 12.8. The third-order valence-corrected chi connectivity index (χ3v) is 5.25. The molecule has 5 rings (SSSR count). The highest BCUT2D eigenvalue weighted by Gasteiger charge is 2.15. The Morgan fingerprint density at radius 2 is 1.64 bits per heavy atom. The second-order valence-electron chi connectivity index (χ2n) is 7.66. The standard InChI is InChI=1S/C24H20N4O.C2H4O2/c25-13-16-9-11-17(12-10-16)14-28-15-19(18-5-1-4-8-22(18)28)23-24(29)27-21-7-3-2-6-20(21)26-23;1-2(3)4/h1-12,15H,13-14,25H2,(H,27,29);1H3,(H,3,4). The van der Waals surface area contributed by atoms with Crippen molar-refractivity contribution in [3.05, 3.63) is 100 Å². The van der Waals surface area contributed by atoms with Gasteiger partial charge in [0, 0.05) is 42.7 Å². The summed E-state index contributed by atoms with van der Waals surface area (Å²) in [5.74, 6) is -0.833. The van der Waals surface area contributed by atoms with Crippen molar-refractivity contribution >= 4 is 27.9 Å². The fraction of sp³-hybridized carbons (Fsp3) is 0.115. The molecule has 7 nitrogen and oxygen atoms in total. The number of hydrogen-bond donors (Lipinski definition) is 3. The van der Waals surface area contributed by atoms with Gasteiger partial charge in [0.15, 0.2) is 0 Å². The maximum Gasteiger partial charge on any atom is 0.300 e. The summed E-state index contributed by atoms with van der Waals surface area (Å²) >= 11 is 0. The lowest BCUT2D eigenvalue weighted by Gasteiger charge is -2.06. The van der Waals surface area contributed by atoms with Crippen molar-refractivity contribution < 1.29 is 9.90 Å². The minimum absolute atomic E-state index is 0.182. The summed E-state index contributed by atoms with van der Waals surface area (Å²) < 4.78 is 2.17. The molecule has 2 heterocycles. The first-order valence-electron chi connectivity index (χ1n) is 10.5. The predicted molar refractivity (Wildman–Crippen MR) is 130 cm³/mol. The average Bonchev–Trinajstić information content (AvgIpc) is 3.17. The first-order valence-corrected chi connectivity index (χ1v) is 10.5. The van der Waals surface area contributed by atoms with Crippen LogP contribution in [0, 0.1) is 0 Å². The smallest absolute Gasteiger partial charge is 0.300 e. The van der Waals surface area contributed by atoms with Crippen LogP contribution in [0.1, 0.15) is 18.1 Å². The molecule has 166 valence electrons. The number of aliphatic carboxylic acids is 1. The van der Waals surface area contributed by atoms with Crippen molar-refractivity contribution in [1.82, 2.24) is 14.5 Å². The van der Waals surface area contributed by atoms with Crippen LogP contribution in [0.15, 0.2) is 83.8 Å². The monoisotopic (exact) mass is 440 g/mol. The van der Waals surface area contributed by atoms with Crippen molar-refractivity contribution in [2.75, 3.05) is 0 Å². The number of fused-ring (bicyclic) bond motifs is 2. The van der Waals surface area contributed by atoms with E-state index in [4.69, 9.17) is 15.6 Å². The Morgan fingerprint density at radius 1 is 1.00 bits per heavy atom. The Hall–Kier alpha value is -4.23. The van der Waals surface area contributed by atoms with E-state index in [1.165, 1.54) is 5.56 Å². The zero-order valence-electron chi connectivity index (χ0n) is 18.2. The number of hydrogen-bond acceptors (Lipinski definition) is 4. The molecule has 0 atom stereocenters. The van der Waals surface area contributed by atoms with E-state index >= 15 is 0 Å². The van der Waals surface area contributed by atoms with E-state index in [0.717, 1.165) is 40.0 Å². The van der Waals surface area contributed by atoms with E-state index in [0.29, 0.717) is 18.8 Å². The number of rotatable bonds is 4. The predicted octanol–water partition coefficient (Wildman–Crippen LogP) is 4.14. The molecule has 4 N–H and O–H groups in total. The lowest BCUT2D eigenvalue weighted by molar-refractivity contribution is -0.134. The Morgan fingerprint density at radius 3 is 2.36 bits per heavy atom. The minimum Gasteiger partial charge on any atom is -0.481 e. The molecule has 0 aliphatic rings. The third kappa shape index (κ3) is 4.83. The molecular formula is C26H24N4O3. The Labute approximate surface area is 190 Å². The van der Waals surface area contributed by atoms with E-state index in [9.17, 15) is 4.79 Å². The first-order chi connectivity index (χ1) is 16.0. The lowest BCUT2D eigenvalue weighted by Crippen LogP contribution is -2.11. The summed E-state index contributed by atoms with van der Waals surface area (Å²) in [4.78, 5) is 29.4. The van der Waals surface area contributed by atoms with Crippen molar-refractivity contribution in [3.63, 3.8) is 0 Å². The molecule has 0 aliphatic heterocycles. The molecule has 0 bridgehead atoms. The number of aromatic nitrogens is 3. The summed E-state index contributed by atoms with van der Waals surface area (Å²) in [6.07, 6.45) is 2.02. The van der Waals surface area contributed by atoms with Crippen LogP contribution in [-0.4, -0.2) is 25.6 Å². The summed E-state index contributed by atoms with van der Waals surface area (Å²) in [6.45, 7) is 2.32. The van der Waals surface area contributed by atoms with Gasteiger partial charge in [-0.15, -0.1) is 0 Å². The van der Waals surface area contributed by atoms with Gasteiger partial charge in [-0.3, -0.25) is 9.59 Å². The zero-order valence-corrected chi connectivity index (χ0v) is 18.2. The van der Waals surface area contributed by atoms with E-state index in [1.54, 1.807) is 0 Å². The molecule has 0 saturated carbocycles. The van der Waals surface area contributed by atoms with Gasteiger partial charge in [-0.1, -0.05) is 54.6 Å². The van der Waals surface area contributed by atoms with Gasteiger partial charge in [0.05, 0.1) is 11.0 Å². The highest BCUT2D eigenvalue weighted by molar-refractivity contribution is 5.95. The van der Waals surface area contributed by atoms with Gasteiger partial charge in [-0.05, 0) is 29.3 Å². The van der Waals surface area contributed by atoms with Gasteiger partial charge in [-0.2, -0.15) is 0 Å². The van der Waals surface area contributed by atoms with Crippen molar-refractivity contribution in [2.45, 2.75) is 20.0 Å². The molecule has 3 aromatic carbocycles. The Balaban J connectivity index is 0.000000601. The molecular weight excluding hydrogens is 416 g/mol. The highest BCUT2D eigenvalue weighted by Crippen LogP contribution is 2.29. The second-order valence-corrected chi connectivity index (χ2v) is 7.66. The number of nitrogens with two attached hydrogens (primary N) is 1. The number of nitrogens with one attached hydrogen (secondary N) is 1. The van der Waals surface area contributed by atoms with Crippen LogP contribution < -0.4 is 11.3 Å². The average molecular weight is 441 g/mol. The number of aromatic amines is 1. The van der Waals surface area contributed by atoms with E-state index < -0.39 is 5.97 Å². The van der Waals surface area contributed by atoms with Gasteiger partial charge < -0.3 is 20.4 Å². The maximum atomic E-state index is 12.8.